The number of carboxylic acid groups (broad SMARTS) is 1. The Morgan fingerprint density at radius 1 is 1.17 bits per heavy atom. The summed E-state index contributed by atoms with van der Waals surface area (Å²) < 4.78 is 0. The van der Waals surface area contributed by atoms with Crippen LogP contribution in [0, 0.1) is 0 Å². The zero-order valence-corrected chi connectivity index (χ0v) is 19.3. The molecule has 2 saturated heterocycles. The predicted octanol–water partition coefficient (Wildman–Crippen LogP) is 0.0200. The second-order valence-electron chi connectivity index (χ2n) is 8.65. The van der Waals surface area contributed by atoms with E-state index in [0.29, 0.717) is 18.1 Å². The summed E-state index contributed by atoms with van der Waals surface area (Å²) in [7, 11) is 0. The number of amides is 4. The van der Waals surface area contributed by atoms with Crippen LogP contribution < -0.4 is 10.6 Å². The van der Waals surface area contributed by atoms with Gasteiger partial charge in [0.05, 0.1) is 12.5 Å². The number of benzene rings is 1. The van der Waals surface area contributed by atoms with Gasteiger partial charge in [0.1, 0.15) is 24.1 Å². The number of hydrogen-bond donors (Lipinski definition) is 3. The highest BCUT2D eigenvalue weighted by Gasteiger charge is 2.45. The molecule has 2 aromatic rings. The summed E-state index contributed by atoms with van der Waals surface area (Å²) in [6.45, 7) is 0.214. The summed E-state index contributed by atoms with van der Waals surface area (Å²) in [5.41, 5.74) is 0.128. The summed E-state index contributed by atoms with van der Waals surface area (Å²) in [5, 5.41) is 17.6. The highest BCUT2D eigenvalue weighted by atomic mass is 16.4. The van der Waals surface area contributed by atoms with E-state index in [1.54, 1.807) is 18.2 Å². The molecule has 188 valence electrons. The lowest BCUT2D eigenvalue weighted by Gasteiger charge is -2.43. The molecule has 0 saturated carbocycles. The number of aromatic nitrogens is 1. The third-order valence-electron chi connectivity index (χ3n) is 6.24. The smallest absolute Gasteiger partial charge is 0.305 e. The van der Waals surface area contributed by atoms with Crippen molar-refractivity contribution in [2.75, 3.05) is 6.54 Å². The molecule has 2 aliphatic rings. The topological polar surface area (TPSA) is 166 Å². The number of pyridine rings is 1. The second kappa shape index (κ2) is 10.5. The molecule has 2 aliphatic heterocycles. The Hall–Kier alpha value is -4.35. The van der Waals surface area contributed by atoms with E-state index in [0.717, 1.165) is 10.4 Å². The number of carboxylic acids is 1. The van der Waals surface area contributed by atoms with E-state index in [1.165, 1.54) is 11.2 Å². The molecule has 36 heavy (non-hydrogen) atoms. The first-order valence-electron chi connectivity index (χ1n) is 11.6. The lowest BCUT2D eigenvalue weighted by Crippen LogP contribution is -2.64. The van der Waals surface area contributed by atoms with E-state index in [-0.39, 0.29) is 37.4 Å². The molecular weight excluding hydrogens is 470 g/mol. The van der Waals surface area contributed by atoms with Crippen LogP contribution in [0.15, 0.2) is 36.5 Å². The molecule has 3 heterocycles. The average molecular weight is 495 g/mol. The lowest BCUT2D eigenvalue weighted by atomic mass is 10.0. The van der Waals surface area contributed by atoms with Crippen LogP contribution >= 0.6 is 0 Å². The van der Waals surface area contributed by atoms with Crippen molar-refractivity contribution in [2.24, 2.45) is 0 Å². The minimum atomic E-state index is -1.28. The summed E-state index contributed by atoms with van der Waals surface area (Å²) in [4.78, 5) is 78.8. The van der Waals surface area contributed by atoms with Crippen LogP contribution in [0.4, 0.5) is 0 Å². The Morgan fingerprint density at radius 2 is 1.94 bits per heavy atom. The zero-order valence-electron chi connectivity index (χ0n) is 19.3. The molecule has 4 amide bonds. The fraction of sp³-hybridized carbons (Fsp3) is 0.375. The maximum atomic E-state index is 13.6. The molecule has 0 aliphatic carbocycles. The van der Waals surface area contributed by atoms with Gasteiger partial charge in [-0.25, -0.2) is 5.01 Å². The second-order valence-corrected chi connectivity index (χ2v) is 8.65. The number of rotatable bonds is 7. The van der Waals surface area contributed by atoms with Gasteiger partial charge < -0.3 is 20.5 Å². The molecule has 12 heteroatoms. The standard InChI is InChI=1S/C24H25N5O7/c30-13-15(12-20(32)33)26-22(34)18-6-3-11-28-19(31)8-7-17(24(36)29(18)28)27-23(35)21-16-5-2-1-4-14(16)9-10-25-21/h1-2,4-5,9-10,13,15,17-18H,3,6-8,11-12H2,(H,26,34)(H,27,35)(H,32,33)/t15-,17?,18-/m0/s1. The highest BCUT2D eigenvalue weighted by molar-refractivity contribution is 6.07. The van der Waals surface area contributed by atoms with Crippen LogP contribution in [0.1, 0.15) is 42.6 Å². The first-order chi connectivity index (χ1) is 17.3. The number of hydrazine groups is 1. The molecule has 0 bridgehead atoms. The Labute approximate surface area is 205 Å². The van der Waals surface area contributed by atoms with Gasteiger partial charge in [-0.1, -0.05) is 24.3 Å². The van der Waals surface area contributed by atoms with Gasteiger partial charge in [0.25, 0.3) is 11.8 Å². The number of nitrogens with one attached hydrogen (secondary N) is 2. The van der Waals surface area contributed by atoms with Gasteiger partial charge in [-0.05, 0) is 30.7 Å². The van der Waals surface area contributed by atoms with Gasteiger partial charge in [0, 0.05) is 24.5 Å². The van der Waals surface area contributed by atoms with Crippen LogP contribution in [0.3, 0.4) is 0 Å². The summed E-state index contributed by atoms with van der Waals surface area (Å²) in [6.07, 6.45) is 1.81. The molecule has 3 N–H and O–H groups in total. The Kier molecular flexibility index (Phi) is 7.23. The molecule has 3 atom stereocenters. The minimum absolute atomic E-state index is 0.0273. The number of carbonyl (C=O) groups is 6. The van der Waals surface area contributed by atoms with Crippen molar-refractivity contribution in [3.05, 3.63) is 42.2 Å². The SMILES string of the molecule is O=C[C@H](CC(=O)O)NC(=O)[C@@H]1CCCN2C(=O)CCC(NC(=O)c3nccc4ccccc34)C(=O)N12. The summed E-state index contributed by atoms with van der Waals surface area (Å²) >= 11 is 0. The van der Waals surface area contributed by atoms with Gasteiger partial charge in [-0.3, -0.25) is 34.0 Å². The predicted molar refractivity (Wildman–Crippen MR) is 124 cm³/mol. The number of aldehydes is 1. The molecule has 1 aromatic carbocycles. The van der Waals surface area contributed by atoms with Crippen LogP contribution in [0.25, 0.3) is 10.8 Å². The molecule has 1 aromatic heterocycles. The first kappa shape index (κ1) is 24.8. The maximum Gasteiger partial charge on any atom is 0.305 e. The zero-order chi connectivity index (χ0) is 25.8. The molecule has 4 rings (SSSR count). The van der Waals surface area contributed by atoms with Gasteiger partial charge in [0.15, 0.2) is 0 Å². The number of hydrogen-bond acceptors (Lipinski definition) is 7. The van der Waals surface area contributed by atoms with Crippen LogP contribution in [-0.2, 0) is 24.0 Å². The fourth-order valence-electron chi connectivity index (χ4n) is 4.53. The van der Waals surface area contributed by atoms with E-state index >= 15 is 0 Å². The Morgan fingerprint density at radius 3 is 2.69 bits per heavy atom. The molecule has 0 radical (unpaired) electrons. The molecule has 2 fully saturated rings. The number of nitrogens with zero attached hydrogens (tertiary/aromatic N) is 3. The fourth-order valence-corrected chi connectivity index (χ4v) is 4.53. The van der Waals surface area contributed by atoms with Crippen molar-refractivity contribution in [1.82, 2.24) is 25.6 Å². The summed E-state index contributed by atoms with van der Waals surface area (Å²) in [6, 6.07) is 5.40. The largest absolute Gasteiger partial charge is 0.481 e. The van der Waals surface area contributed by atoms with E-state index in [4.69, 9.17) is 5.11 Å². The molecule has 12 nitrogen and oxygen atoms in total. The number of fused-ring (bicyclic) bond motifs is 2. The lowest BCUT2D eigenvalue weighted by molar-refractivity contribution is -0.176. The summed E-state index contributed by atoms with van der Waals surface area (Å²) in [5.74, 6) is -3.63. The number of aliphatic carboxylic acids is 1. The van der Waals surface area contributed by atoms with Crippen molar-refractivity contribution in [3.8, 4) is 0 Å². The third-order valence-corrected chi connectivity index (χ3v) is 6.24. The van der Waals surface area contributed by atoms with Crippen molar-refractivity contribution >= 4 is 46.7 Å². The van der Waals surface area contributed by atoms with E-state index in [9.17, 15) is 28.8 Å². The van der Waals surface area contributed by atoms with Gasteiger partial charge in [0.2, 0.25) is 11.8 Å². The maximum absolute atomic E-state index is 13.6. The Bertz CT molecular complexity index is 1230. The van der Waals surface area contributed by atoms with E-state index in [1.807, 2.05) is 12.1 Å². The Balaban J connectivity index is 1.57. The molecular formula is C24H25N5O7. The minimum Gasteiger partial charge on any atom is -0.481 e. The molecule has 0 spiro atoms. The van der Waals surface area contributed by atoms with E-state index < -0.39 is 48.2 Å². The van der Waals surface area contributed by atoms with Crippen molar-refractivity contribution < 1.29 is 33.9 Å². The normalized spacial score (nSPS) is 20.8. The van der Waals surface area contributed by atoms with Crippen LogP contribution in [-0.4, -0.2) is 80.7 Å². The van der Waals surface area contributed by atoms with Crippen LogP contribution in [0.2, 0.25) is 0 Å². The van der Waals surface area contributed by atoms with Gasteiger partial charge in [-0.15, -0.1) is 0 Å². The first-order valence-corrected chi connectivity index (χ1v) is 11.6. The van der Waals surface area contributed by atoms with Gasteiger partial charge in [-0.2, -0.15) is 0 Å². The van der Waals surface area contributed by atoms with Crippen molar-refractivity contribution in [2.45, 2.75) is 50.2 Å². The van der Waals surface area contributed by atoms with Crippen molar-refractivity contribution in [3.63, 3.8) is 0 Å². The van der Waals surface area contributed by atoms with Crippen molar-refractivity contribution in [1.29, 1.82) is 0 Å². The molecule has 1 unspecified atom stereocenters. The quantitative estimate of drug-likeness (QED) is 0.452. The van der Waals surface area contributed by atoms with Gasteiger partial charge >= 0.3 is 5.97 Å². The van der Waals surface area contributed by atoms with E-state index in [2.05, 4.69) is 15.6 Å². The monoisotopic (exact) mass is 495 g/mol. The average Bonchev–Trinajstić information content (AvgIpc) is 2.99. The number of carbonyl (C=O) groups excluding carboxylic acids is 5. The third kappa shape index (κ3) is 5.02. The van der Waals surface area contributed by atoms with Crippen LogP contribution in [0.5, 0.6) is 0 Å². The highest BCUT2D eigenvalue weighted by Crippen LogP contribution is 2.25.